The normalized spacial score (nSPS) is 10.2. The van der Waals surface area contributed by atoms with Crippen molar-refractivity contribution in [2.75, 3.05) is 7.11 Å². The Morgan fingerprint density at radius 2 is 2.13 bits per heavy atom. The van der Waals surface area contributed by atoms with E-state index in [-0.39, 0.29) is 12.2 Å². The van der Waals surface area contributed by atoms with Crippen LogP contribution in [0.2, 0.25) is 5.02 Å². The maximum absolute atomic E-state index is 13.8. The van der Waals surface area contributed by atoms with Crippen molar-refractivity contribution < 1.29 is 18.7 Å². The molecule has 0 fully saturated rings. The molecule has 0 radical (unpaired) electrons. The molecule has 0 heterocycles. The Balaban J connectivity index is 2.38. The number of allylic oxidation sites excluding steroid dienone is 1. The highest BCUT2D eigenvalue weighted by Crippen LogP contribution is 2.34. The van der Waals surface area contributed by atoms with Crippen molar-refractivity contribution in [2.45, 2.75) is 13.0 Å². The minimum atomic E-state index is -0.439. The molecular weight excluding hydrogens is 319 g/mol. The molecule has 0 atom stereocenters. The highest BCUT2D eigenvalue weighted by atomic mass is 35.5. The zero-order valence-corrected chi connectivity index (χ0v) is 13.4. The van der Waals surface area contributed by atoms with Crippen LogP contribution >= 0.6 is 11.6 Å². The monoisotopic (exact) mass is 334 g/mol. The summed E-state index contributed by atoms with van der Waals surface area (Å²) < 4.78 is 24.9. The number of carbonyl (C=O) groups is 1. The van der Waals surface area contributed by atoms with Crippen molar-refractivity contribution in [3.63, 3.8) is 0 Å². The minimum Gasteiger partial charge on any atom is -0.493 e. The molecule has 120 valence electrons. The van der Waals surface area contributed by atoms with Gasteiger partial charge in [-0.2, -0.15) is 0 Å². The summed E-state index contributed by atoms with van der Waals surface area (Å²) >= 11 is 6.00. The van der Waals surface area contributed by atoms with Gasteiger partial charge in [-0.1, -0.05) is 23.7 Å². The van der Waals surface area contributed by atoms with Gasteiger partial charge in [-0.25, -0.2) is 4.39 Å². The molecule has 0 N–H and O–H groups in total. The number of hydrogen-bond donors (Lipinski definition) is 0. The first-order valence-electron chi connectivity index (χ1n) is 6.93. The molecule has 0 bridgehead atoms. The van der Waals surface area contributed by atoms with Gasteiger partial charge in [0, 0.05) is 16.7 Å². The SMILES string of the molecule is C=CCc1cc(C=O)cc(OC)c1OCc1c(F)cccc1Cl. The maximum atomic E-state index is 13.8. The van der Waals surface area contributed by atoms with Gasteiger partial charge >= 0.3 is 0 Å². The number of carbonyl (C=O) groups excluding carboxylic acids is 1. The summed E-state index contributed by atoms with van der Waals surface area (Å²) in [4.78, 5) is 11.0. The van der Waals surface area contributed by atoms with E-state index < -0.39 is 5.82 Å². The predicted molar refractivity (Wildman–Crippen MR) is 88.0 cm³/mol. The van der Waals surface area contributed by atoms with Crippen molar-refractivity contribution in [2.24, 2.45) is 0 Å². The zero-order chi connectivity index (χ0) is 16.8. The van der Waals surface area contributed by atoms with Crippen LogP contribution in [-0.2, 0) is 13.0 Å². The van der Waals surface area contributed by atoms with E-state index in [4.69, 9.17) is 21.1 Å². The molecule has 0 aliphatic carbocycles. The van der Waals surface area contributed by atoms with Gasteiger partial charge in [0.15, 0.2) is 11.5 Å². The number of aldehydes is 1. The molecule has 0 aliphatic rings. The quantitative estimate of drug-likeness (QED) is 0.548. The van der Waals surface area contributed by atoms with Gasteiger partial charge < -0.3 is 9.47 Å². The maximum Gasteiger partial charge on any atom is 0.165 e. The lowest BCUT2D eigenvalue weighted by atomic mass is 10.1. The number of rotatable bonds is 7. The first-order chi connectivity index (χ1) is 11.1. The molecule has 0 unspecified atom stereocenters. The molecule has 5 heteroatoms. The van der Waals surface area contributed by atoms with E-state index in [0.717, 1.165) is 11.8 Å². The second kappa shape index (κ2) is 7.79. The fourth-order valence-corrected chi connectivity index (χ4v) is 2.41. The van der Waals surface area contributed by atoms with E-state index in [9.17, 15) is 9.18 Å². The molecule has 0 saturated heterocycles. The number of benzene rings is 2. The summed E-state index contributed by atoms with van der Waals surface area (Å²) in [5, 5.41) is 0.291. The Bertz CT molecular complexity index is 708. The van der Waals surface area contributed by atoms with E-state index in [0.29, 0.717) is 28.5 Å². The molecule has 0 spiro atoms. The predicted octanol–water partition coefficient (Wildman–Crippen LogP) is 4.61. The third kappa shape index (κ3) is 3.90. The van der Waals surface area contributed by atoms with Crippen LogP contribution in [-0.4, -0.2) is 13.4 Å². The molecule has 2 aromatic rings. The van der Waals surface area contributed by atoms with Crippen molar-refractivity contribution in [3.8, 4) is 11.5 Å². The fraction of sp³-hybridized carbons (Fsp3) is 0.167. The lowest BCUT2D eigenvalue weighted by molar-refractivity contribution is 0.112. The van der Waals surface area contributed by atoms with Gasteiger partial charge in [0.25, 0.3) is 0 Å². The fourth-order valence-electron chi connectivity index (χ4n) is 2.19. The molecule has 2 rings (SSSR count). The van der Waals surface area contributed by atoms with Crippen LogP contribution in [0.25, 0.3) is 0 Å². The van der Waals surface area contributed by atoms with Gasteiger partial charge in [-0.3, -0.25) is 4.79 Å². The number of halogens is 2. The van der Waals surface area contributed by atoms with Crippen LogP contribution in [0.1, 0.15) is 21.5 Å². The molecule has 0 amide bonds. The van der Waals surface area contributed by atoms with Crippen LogP contribution in [0, 0.1) is 5.82 Å². The lowest BCUT2D eigenvalue weighted by Gasteiger charge is -2.16. The first-order valence-corrected chi connectivity index (χ1v) is 7.31. The minimum absolute atomic E-state index is 0.0492. The first kappa shape index (κ1) is 17.0. The Morgan fingerprint density at radius 1 is 1.35 bits per heavy atom. The Labute approximate surface area is 139 Å². The van der Waals surface area contributed by atoms with Crippen LogP contribution in [0.4, 0.5) is 4.39 Å². The van der Waals surface area contributed by atoms with Crippen LogP contribution in [0.5, 0.6) is 11.5 Å². The summed E-state index contributed by atoms with van der Waals surface area (Å²) in [6, 6.07) is 7.71. The average molecular weight is 335 g/mol. The standard InChI is InChI=1S/C18H16ClFO3/c1-3-5-13-8-12(10-21)9-17(22-2)18(13)23-11-14-15(19)6-4-7-16(14)20/h3-4,6-10H,1,5,11H2,2H3. The van der Waals surface area contributed by atoms with Gasteiger partial charge in [0.05, 0.1) is 12.1 Å². The van der Waals surface area contributed by atoms with Gasteiger partial charge in [0.1, 0.15) is 18.7 Å². The summed E-state index contributed by atoms with van der Waals surface area (Å²) in [7, 11) is 1.48. The Morgan fingerprint density at radius 3 is 2.74 bits per heavy atom. The molecule has 0 aromatic heterocycles. The molecule has 2 aromatic carbocycles. The molecule has 0 saturated carbocycles. The summed E-state index contributed by atoms with van der Waals surface area (Å²) in [6.07, 6.45) is 2.90. The van der Waals surface area contributed by atoms with E-state index in [1.165, 1.54) is 19.2 Å². The number of ether oxygens (including phenoxy) is 2. The van der Waals surface area contributed by atoms with E-state index >= 15 is 0 Å². The van der Waals surface area contributed by atoms with Crippen LogP contribution < -0.4 is 9.47 Å². The summed E-state index contributed by atoms with van der Waals surface area (Å²) in [6.45, 7) is 3.64. The number of hydrogen-bond acceptors (Lipinski definition) is 3. The number of methoxy groups -OCH3 is 1. The average Bonchev–Trinajstić information content (AvgIpc) is 2.55. The smallest absolute Gasteiger partial charge is 0.165 e. The molecule has 3 nitrogen and oxygen atoms in total. The van der Waals surface area contributed by atoms with Gasteiger partial charge in [-0.05, 0) is 30.7 Å². The Kier molecular flexibility index (Phi) is 5.77. The second-order valence-electron chi connectivity index (χ2n) is 4.81. The third-order valence-corrected chi connectivity index (χ3v) is 3.65. The molecular formula is C18H16ClFO3. The Hall–Kier alpha value is -2.33. The van der Waals surface area contributed by atoms with Crippen molar-refractivity contribution >= 4 is 17.9 Å². The van der Waals surface area contributed by atoms with Crippen LogP contribution in [0.15, 0.2) is 43.0 Å². The van der Waals surface area contributed by atoms with Gasteiger partial charge in [-0.15, -0.1) is 6.58 Å². The van der Waals surface area contributed by atoms with E-state index in [1.807, 2.05) is 0 Å². The van der Waals surface area contributed by atoms with Crippen molar-refractivity contribution in [3.05, 3.63) is 70.5 Å². The van der Waals surface area contributed by atoms with E-state index in [2.05, 4.69) is 6.58 Å². The van der Waals surface area contributed by atoms with Gasteiger partial charge in [0.2, 0.25) is 0 Å². The lowest BCUT2D eigenvalue weighted by Crippen LogP contribution is -2.04. The molecule has 0 aliphatic heterocycles. The highest BCUT2D eigenvalue weighted by Gasteiger charge is 2.15. The topological polar surface area (TPSA) is 35.5 Å². The zero-order valence-electron chi connectivity index (χ0n) is 12.6. The summed E-state index contributed by atoms with van der Waals surface area (Å²) in [5.74, 6) is 0.405. The van der Waals surface area contributed by atoms with Crippen LogP contribution in [0.3, 0.4) is 0 Å². The largest absolute Gasteiger partial charge is 0.493 e. The van der Waals surface area contributed by atoms with Crippen molar-refractivity contribution in [1.29, 1.82) is 0 Å². The van der Waals surface area contributed by atoms with E-state index in [1.54, 1.807) is 24.3 Å². The van der Waals surface area contributed by atoms with Crippen molar-refractivity contribution in [1.82, 2.24) is 0 Å². The molecule has 23 heavy (non-hydrogen) atoms. The highest BCUT2D eigenvalue weighted by molar-refractivity contribution is 6.31. The summed E-state index contributed by atoms with van der Waals surface area (Å²) in [5.41, 5.74) is 1.46. The second-order valence-corrected chi connectivity index (χ2v) is 5.22. The third-order valence-electron chi connectivity index (χ3n) is 3.30.